The van der Waals surface area contributed by atoms with Crippen LogP contribution in [0.15, 0.2) is 18.2 Å². The Labute approximate surface area is 88.9 Å². The number of amides is 1. The highest BCUT2D eigenvalue weighted by Crippen LogP contribution is 2.22. The fraction of sp³-hybridized carbons (Fsp3) is 0. The molecule has 0 fully saturated rings. The molecule has 2 rings (SSSR count). The highest BCUT2D eigenvalue weighted by molar-refractivity contribution is 6.05. The topological polar surface area (TPSA) is 124 Å². The highest BCUT2D eigenvalue weighted by atomic mass is 16.3. The Kier molecular flexibility index (Phi) is 2.38. The first-order valence-electron chi connectivity index (χ1n) is 4.23. The minimum atomic E-state index is -0.598. The molecule has 16 heavy (non-hydrogen) atoms. The summed E-state index contributed by atoms with van der Waals surface area (Å²) in [7, 11) is 0. The van der Waals surface area contributed by atoms with Crippen LogP contribution in [0.2, 0.25) is 0 Å². The fourth-order valence-corrected chi connectivity index (χ4v) is 1.10. The van der Waals surface area contributed by atoms with Gasteiger partial charge in [-0.25, -0.2) is 0 Å². The van der Waals surface area contributed by atoms with E-state index in [2.05, 4.69) is 25.9 Å². The van der Waals surface area contributed by atoms with E-state index in [1.807, 2.05) is 0 Å². The second-order valence-corrected chi connectivity index (χ2v) is 2.89. The molecule has 0 unspecified atom stereocenters. The van der Waals surface area contributed by atoms with Gasteiger partial charge in [-0.05, 0) is 17.3 Å². The average Bonchev–Trinajstić information content (AvgIpc) is 2.70. The predicted molar refractivity (Wildman–Crippen MR) is 51.9 cm³/mol. The van der Waals surface area contributed by atoms with Crippen molar-refractivity contribution in [1.29, 1.82) is 0 Å². The molecule has 1 amide bonds. The number of benzene rings is 1. The number of rotatable bonds is 2. The second-order valence-electron chi connectivity index (χ2n) is 2.89. The Balaban J connectivity index is 2.21. The summed E-state index contributed by atoms with van der Waals surface area (Å²) < 4.78 is 0. The number of aromatic hydroxyl groups is 2. The SMILES string of the molecule is O=C(Nc1nn[nH]n1)c1ccc(O)cc1O. The number of phenolic OH excluding ortho intramolecular Hbond substituents is 2. The Morgan fingerprint density at radius 1 is 1.38 bits per heavy atom. The van der Waals surface area contributed by atoms with Gasteiger partial charge in [0.1, 0.15) is 11.5 Å². The molecule has 0 saturated carbocycles. The van der Waals surface area contributed by atoms with E-state index < -0.39 is 5.91 Å². The summed E-state index contributed by atoms with van der Waals surface area (Å²) in [5, 5.41) is 33.2. The van der Waals surface area contributed by atoms with Crippen LogP contribution < -0.4 is 5.32 Å². The summed E-state index contributed by atoms with van der Waals surface area (Å²) in [6, 6.07) is 3.62. The number of aromatic nitrogens is 4. The van der Waals surface area contributed by atoms with Gasteiger partial charge < -0.3 is 10.2 Å². The van der Waals surface area contributed by atoms with E-state index in [0.29, 0.717) is 0 Å². The molecule has 8 heteroatoms. The molecular formula is C8H7N5O3. The second kappa shape index (κ2) is 3.85. The van der Waals surface area contributed by atoms with Gasteiger partial charge in [0.25, 0.3) is 11.9 Å². The van der Waals surface area contributed by atoms with Gasteiger partial charge in [-0.3, -0.25) is 10.1 Å². The first kappa shape index (κ1) is 9.90. The number of hydrogen-bond acceptors (Lipinski definition) is 6. The molecule has 0 saturated heterocycles. The summed E-state index contributed by atoms with van der Waals surface area (Å²) in [6.45, 7) is 0. The van der Waals surface area contributed by atoms with Crippen molar-refractivity contribution < 1.29 is 15.0 Å². The Morgan fingerprint density at radius 2 is 2.19 bits per heavy atom. The van der Waals surface area contributed by atoms with Crippen LogP contribution in [-0.4, -0.2) is 36.7 Å². The maximum Gasteiger partial charge on any atom is 0.270 e. The lowest BCUT2D eigenvalue weighted by molar-refractivity contribution is 0.102. The minimum absolute atomic E-state index is 0.00234. The molecule has 1 aromatic heterocycles. The van der Waals surface area contributed by atoms with E-state index in [-0.39, 0.29) is 23.0 Å². The number of H-pyrrole nitrogens is 1. The number of hydrogen-bond donors (Lipinski definition) is 4. The van der Waals surface area contributed by atoms with Gasteiger partial charge in [0.2, 0.25) is 0 Å². The van der Waals surface area contributed by atoms with Gasteiger partial charge in [0, 0.05) is 6.07 Å². The quantitative estimate of drug-likeness (QED) is 0.559. The number of anilines is 1. The van der Waals surface area contributed by atoms with Crippen LogP contribution in [-0.2, 0) is 0 Å². The molecule has 0 spiro atoms. The van der Waals surface area contributed by atoms with Crippen molar-refractivity contribution >= 4 is 11.9 Å². The molecule has 0 aliphatic carbocycles. The number of nitrogens with one attached hydrogen (secondary N) is 2. The van der Waals surface area contributed by atoms with Crippen LogP contribution in [0.1, 0.15) is 10.4 Å². The molecule has 1 heterocycles. The molecule has 0 atom stereocenters. The molecule has 0 aliphatic heterocycles. The summed E-state index contributed by atoms with van der Waals surface area (Å²) in [5.74, 6) is -1.06. The van der Waals surface area contributed by atoms with Crippen molar-refractivity contribution in [1.82, 2.24) is 20.6 Å². The fourth-order valence-electron chi connectivity index (χ4n) is 1.10. The highest BCUT2D eigenvalue weighted by Gasteiger charge is 2.13. The minimum Gasteiger partial charge on any atom is -0.508 e. The summed E-state index contributed by atoms with van der Waals surface area (Å²) in [6.07, 6.45) is 0. The van der Waals surface area contributed by atoms with Gasteiger partial charge in [-0.15, -0.1) is 5.10 Å². The lowest BCUT2D eigenvalue weighted by atomic mass is 10.2. The number of aromatic amines is 1. The van der Waals surface area contributed by atoms with Crippen molar-refractivity contribution in [3.63, 3.8) is 0 Å². The van der Waals surface area contributed by atoms with Crippen molar-refractivity contribution in [3.8, 4) is 11.5 Å². The van der Waals surface area contributed by atoms with Gasteiger partial charge in [0.05, 0.1) is 5.56 Å². The van der Waals surface area contributed by atoms with Crippen LogP contribution in [0.25, 0.3) is 0 Å². The zero-order valence-electron chi connectivity index (χ0n) is 7.88. The van der Waals surface area contributed by atoms with E-state index in [1.165, 1.54) is 12.1 Å². The first-order valence-corrected chi connectivity index (χ1v) is 4.23. The third kappa shape index (κ3) is 1.90. The van der Waals surface area contributed by atoms with Crippen molar-refractivity contribution in [2.75, 3.05) is 5.32 Å². The molecular weight excluding hydrogens is 214 g/mol. The molecule has 0 aliphatic rings. The zero-order chi connectivity index (χ0) is 11.5. The lowest BCUT2D eigenvalue weighted by Gasteiger charge is -2.03. The van der Waals surface area contributed by atoms with Crippen LogP contribution >= 0.6 is 0 Å². The number of carbonyl (C=O) groups is 1. The van der Waals surface area contributed by atoms with Gasteiger partial charge in [0.15, 0.2) is 0 Å². The maximum atomic E-state index is 11.6. The third-order valence-corrected chi connectivity index (χ3v) is 1.80. The monoisotopic (exact) mass is 221 g/mol. The van der Waals surface area contributed by atoms with Crippen LogP contribution in [0.5, 0.6) is 11.5 Å². The number of carbonyl (C=O) groups excluding carboxylic acids is 1. The number of phenols is 2. The number of tetrazole rings is 1. The average molecular weight is 221 g/mol. The standard InChI is InChI=1S/C8H7N5O3/c14-4-1-2-5(6(15)3-4)7(16)9-8-10-12-13-11-8/h1-3,14-15H,(H2,9,10,11,12,13,16). The van der Waals surface area contributed by atoms with E-state index >= 15 is 0 Å². The number of nitrogens with zero attached hydrogens (tertiary/aromatic N) is 3. The predicted octanol–water partition coefficient (Wildman–Crippen LogP) is -0.137. The Hall–Kier alpha value is -2.64. The molecule has 82 valence electrons. The summed E-state index contributed by atoms with van der Waals surface area (Å²) in [5.41, 5.74) is 0.00241. The van der Waals surface area contributed by atoms with Gasteiger partial charge in [-0.2, -0.15) is 5.21 Å². The van der Waals surface area contributed by atoms with Crippen molar-refractivity contribution in [3.05, 3.63) is 23.8 Å². The Morgan fingerprint density at radius 3 is 2.81 bits per heavy atom. The summed E-state index contributed by atoms with van der Waals surface area (Å²) >= 11 is 0. The van der Waals surface area contributed by atoms with E-state index in [4.69, 9.17) is 5.11 Å². The summed E-state index contributed by atoms with van der Waals surface area (Å²) in [4.78, 5) is 11.6. The molecule has 8 nitrogen and oxygen atoms in total. The molecule has 2 aromatic rings. The van der Waals surface area contributed by atoms with E-state index in [0.717, 1.165) is 6.07 Å². The molecule has 0 radical (unpaired) electrons. The molecule has 0 bridgehead atoms. The van der Waals surface area contributed by atoms with Crippen LogP contribution in [0, 0.1) is 0 Å². The van der Waals surface area contributed by atoms with Crippen molar-refractivity contribution in [2.45, 2.75) is 0 Å². The lowest BCUT2D eigenvalue weighted by Crippen LogP contribution is -2.13. The zero-order valence-corrected chi connectivity index (χ0v) is 7.88. The molecule has 4 N–H and O–H groups in total. The maximum absolute atomic E-state index is 11.6. The van der Waals surface area contributed by atoms with Crippen LogP contribution in [0.3, 0.4) is 0 Å². The Bertz CT molecular complexity index is 510. The first-order chi connectivity index (χ1) is 7.66. The van der Waals surface area contributed by atoms with E-state index in [9.17, 15) is 9.90 Å². The van der Waals surface area contributed by atoms with Gasteiger partial charge >= 0.3 is 0 Å². The smallest absolute Gasteiger partial charge is 0.270 e. The third-order valence-electron chi connectivity index (χ3n) is 1.80. The van der Waals surface area contributed by atoms with E-state index in [1.54, 1.807) is 0 Å². The normalized spacial score (nSPS) is 10.0. The van der Waals surface area contributed by atoms with Crippen molar-refractivity contribution in [2.24, 2.45) is 0 Å². The van der Waals surface area contributed by atoms with Gasteiger partial charge in [-0.1, -0.05) is 5.10 Å². The largest absolute Gasteiger partial charge is 0.508 e. The molecule has 1 aromatic carbocycles. The van der Waals surface area contributed by atoms with Crippen LogP contribution in [0.4, 0.5) is 5.95 Å².